The van der Waals surface area contributed by atoms with Gasteiger partial charge in [-0.25, -0.2) is 10.4 Å². The van der Waals surface area contributed by atoms with Crippen LogP contribution in [0.2, 0.25) is 5.02 Å². The predicted molar refractivity (Wildman–Crippen MR) is 138 cm³/mol. The summed E-state index contributed by atoms with van der Waals surface area (Å²) < 4.78 is 22.4. The molecule has 10 heteroatoms. The average molecular weight is 525 g/mol. The van der Waals surface area contributed by atoms with Gasteiger partial charge in [0.2, 0.25) is 5.89 Å². The molecule has 3 aromatic rings. The molecular formula is C27H29ClN4O5. The fraction of sp³-hybridized carbons (Fsp3) is 0.333. The molecule has 2 atom stereocenters. The SMILES string of the molecule is CCOc1ccc(C2CC3C(=O)N(Cc4nc(-c5cccc(OC)c5OC)oc4C)C=CN3N2)cc1Cl. The van der Waals surface area contributed by atoms with E-state index >= 15 is 0 Å². The van der Waals surface area contributed by atoms with Gasteiger partial charge in [-0.15, -0.1) is 0 Å². The Morgan fingerprint density at radius 1 is 1.16 bits per heavy atom. The molecule has 1 saturated heterocycles. The quantitative estimate of drug-likeness (QED) is 0.447. The van der Waals surface area contributed by atoms with Crippen molar-refractivity contribution in [3.63, 3.8) is 0 Å². The van der Waals surface area contributed by atoms with Crippen LogP contribution in [-0.4, -0.2) is 47.7 Å². The Morgan fingerprint density at radius 3 is 2.73 bits per heavy atom. The molecule has 2 unspecified atom stereocenters. The Balaban J connectivity index is 1.31. The summed E-state index contributed by atoms with van der Waals surface area (Å²) in [5, 5.41) is 2.41. The number of benzene rings is 2. The normalized spacial score (nSPS) is 18.8. The number of ether oxygens (including phenoxy) is 3. The van der Waals surface area contributed by atoms with Gasteiger partial charge in [0.15, 0.2) is 11.5 Å². The number of methoxy groups -OCH3 is 2. The van der Waals surface area contributed by atoms with E-state index in [0.717, 1.165) is 5.56 Å². The first-order valence-electron chi connectivity index (χ1n) is 12.1. The van der Waals surface area contributed by atoms with Gasteiger partial charge in [-0.3, -0.25) is 4.79 Å². The smallest absolute Gasteiger partial charge is 0.251 e. The summed E-state index contributed by atoms with van der Waals surface area (Å²) in [7, 11) is 3.16. The van der Waals surface area contributed by atoms with Crippen molar-refractivity contribution < 1.29 is 23.4 Å². The molecule has 0 radical (unpaired) electrons. The first-order valence-corrected chi connectivity index (χ1v) is 12.4. The number of carbonyl (C=O) groups is 1. The van der Waals surface area contributed by atoms with Crippen LogP contribution in [0.25, 0.3) is 11.5 Å². The Bertz CT molecular complexity index is 1340. The van der Waals surface area contributed by atoms with Gasteiger partial charge in [0.1, 0.15) is 23.2 Å². The highest BCUT2D eigenvalue weighted by molar-refractivity contribution is 6.32. The lowest BCUT2D eigenvalue weighted by molar-refractivity contribution is -0.135. The minimum Gasteiger partial charge on any atom is -0.493 e. The van der Waals surface area contributed by atoms with Gasteiger partial charge in [0, 0.05) is 12.4 Å². The van der Waals surface area contributed by atoms with Gasteiger partial charge in [-0.2, -0.15) is 0 Å². The number of para-hydroxylation sites is 1. The third kappa shape index (κ3) is 4.72. The molecule has 2 aliphatic rings. The van der Waals surface area contributed by atoms with E-state index in [2.05, 4.69) is 10.4 Å². The maximum Gasteiger partial charge on any atom is 0.251 e. The Kier molecular flexibility index (Phi) is 6.99. The van der Waals surface area contributed by atoms with Crippen molar-refractivity contribution >= 4 is 17.5 Å². The fourth-order valence-corrected chi connectivity index (χ4v) is 4.94. The van der Waals surface area contributed by atoms with Gasteiger partial charge in [0.05, 0.1) is 44.0 Å². The number of rotatable bonds is 8. The van der Waals surface area contributed by atoms with Gasteiger partial charge in [0.25, 0.3) is 5.91 Å². The summed E-state index contributed by atoms with van der Waals surface area (Å²) in [5.41, 5.74) is 5.76. The number of hydrazine groups is 1. The maximum absolute atomic E-state index is 13.4. The average Bonchev–Trinajstić information content (AvgIpc) is 3.50. The summed E-state index contributed by atoms with van der Waals surface area (Å²) in [4.78, 5) is 19.8. The van der Waals surface area contributed by atoms with Crippen LogP contribution < -0.4 is 19.6 Å². The van der Waals surface area contributed by atoms with E-state index < -0.39 is 0 Å². The Morgan fingerprint density at radius 2 is 2.00 bits per heavy atom. The van der Waals surface area contributed by atoms with E-state index in [9.17, 15) is 4.79 Å². The number of hydrogen-bond donors (Lipinski definition) is 1. The second-order valence-electron chi connectivity index (χ2n) is 8.79. The summed E-state index contributed by atoms with van der Waals surface area (Å²) in [5.74, 6) is 2.81. The van der Waals surface area contributed by atoms with Crippen LogP contribution in [0.3, 0.4) is 0 Å². The van der Waals surface area contributed by atoms with E-state index in [1.165, 1.54) is 0 Å². The molecule has 5 rings (SSSR count). The van der Waals surface area contributed by atoms with E-state index in [4.69, 9.17) is 30.2 Å². The van der Waals surface area contributed by atoms with E-state index in [-0.39, 0.29) is 18.0 Å². The molecule has 3 heterocycles. The van der Waals surface area contributed by atoms with Crippen LogP contribution >= 0.6 is 11.6 Å². The van der Waals surface area contributed by atoms with Gasteiger partial charge in [-0.05, 0) is 50.1 Å². The summed E-state index contributed by atoms with van der Waals surface area (Å²) in [6.45, 7) is 4.60. The zero-order valence-electron chi connectivity index (χ0n) is 21.2. The Hall–Kier alpha value is -3.69. The van der Waals surface area contributed by atoms with E-state index in [1.807, 2.05) is 61.5 Å². The number of aromatic nitrogens is 1. The minimum absolute atomic E-state index is 0.0163. The number of nitrogens with one attached hydrogen (secondary N) is 1. The molecule has 37 heavy (non-hydrogen) atoms. The molecule has 1 N–H and O–H groups in total. The molecule has 1 amide bonds. The van der Waals surface area contributed by atoms with Gasteiger partial charge < -0.3 is 28.5 Å². The van der Waals surface area contributed by atoms with Crippen LogP contribution in [0.1, 0.15) is 36.4 Å². The molecule has 2 aromatic carbocycles. The third-order valence-corrected chi connectivity index (χ3v) is 6.87. The molecule has 2 aliphatic heterocycles. The Labute approximate surface area is 220 Å². The first kappa shape index (κ1) is 25.0. The number of nitrogens with zero attached hydrogens (tertiary/aromatic N) is 3. The van der Waals surface area contributed by atoms with Crippen LogP contribution in [0.15, 0.2) is 53.2 Å². The molecule has 1 aromatic heterocycles. The number of amides is 1. The molecule has 9 nitrogen and oxygen atoms in total. The first-order chi connectivity index (χ1) is 17.9. The number of carbonyl (C=O) groups excluding carboxylic acids is 1. The summed E-state index contributed by atoms with van der Waals surface area (Å²) >= 11 is 6.39. The number of halogens is 1. The molecule has 1 fully saturated rings. The van der Waals surface area contributed by atoms with Gasteiger partial charge >= 0.3 is 0 Å². The van der Waals surface area contributed by atoms with Crippen LogP contribution in [0, 0.1) is 6.92 Å². The van der Waals surface area contributed by atoms with Crippen molar-refractivity contribution in [2.24, 2.45) is 0 Å². The van der Waals surface area contributed by atoms with Gasteiger partial charge in [-0.1, -0.05) is 23.7 Å². The number of oxazole rings is 1. The van der Waals surface area contributed by atoms with E-state index in [0.29, 0.717) is 64.8 Å². The zero-order valence-corrected chi connectivity index (χ0v) is 21.9. The largest absolute Gasteiger partial charge is 0.493 e. The lowest BCUT2D eigenvalue weighted by atomic mass is 10.0. The van der Waals surface area contributed by atoms with Crippen LogP contribution in [0.4, 0.5) is 0 Å². The minimum atomic E-state index is -0.342. The molecule has 0 spiro atoms. The standard InChI is InChI=1S/C27H29ClN4O5/c1-5-36-23-10-9-17(13-19(23)28)20-14-22-27(33)31(11-12-32(22)30-20)15-21-16(2)37-26(29-21)18-7-6-8-24(34-3)25(18)35-4/h6-13,20,22,30H,5,14-15H2,1-4H3. The number of aryl methyl sites for hydroxylation is 1. The van der Waals surface area contributed by atoms with Crippen molar-refractivity contribution in [2.75, 3.05) is 20.8 Å². The molecule has 0 aliphatic carbocycles. The topological polar surface area (TPSA) is 89.3 Å². The van der Waals surface area contributed by atoms with Crippen molar-refractivity contribution in [3.05, 3.63) is 70.8 Å². The fourth-order valence-electron chi connectivity index (χ4n) is 4.70. The molecular weight excluding hydrogens is 496 g/mol. The van der Waals surface area contributed by atoms with E-state index in [1.54, 1.807) is 25.3 Å². The lowest BCUT2D eigenvalue weighted by Gasteiger charge is -2.31. The molecule has 194 valence electrons. The zero-order chi connectivity index (χ0) is 26.1. The molecule has 0 bridgehead atoms. The second kappa shape index (κ2) is 10.4. The van der Waals surface area contributed by atoms with Crippen molar-refractivity contribution in [1.82, 2.24) is 20.3 Å². The highest BCUT2D eigenvalue weighted by Crippen LogP contribution is 2.39. The van der Waals surface area contributed by atoms with Crippen molar-refractivity contribution in [1.29, 1.82) is 0 Å². The second-order valence-corrected chi connectivity index (χ2v) is 9.20. The predicted octanol–water partition coefficient (Wildman–Crippen LogP) is 4.85. The summed E-state index contributed by atoms with van der Waals surface area (Å²) in [6.07, 6.45) is 4.25. The monoisotopic (exact) mass is 524 g/mol. The lowest BCUT2D eigenvalue weighted by Crippen LogP contribution is -2.47. The number of fused-ring (bicyclic) bond motifs is 1. The highest BCUT2D eigenvalue weighted by atomic mass is 35.5. The van der Waals surface area contributed by atoms with Crippen LogP contribution in [0.5, 0.6) is 17.2 Å². The van der Waals surface area contributed by atoms with Crippen LogP contribution in [-0.2, 0) is 11.3 Å². The third-order valence-electron chi connectivity index (χ3n) is 6.58. The summed E-state index contributed by atoms with van der Waals surface area (Å²) in [6, 6.07) is 10.9. The highest BCUT2D eigenvalue weighted by Gasteiger charge is 2.40. The number of hydrogen-bond acceptors (Lipinski definition) is 8. The molecule has 0 saturated carbocycles. The van der Waals surface area contributed by atoms with Crippen molar-refractivity contribution in [3.8, 4) is 28.7 Å². The van der Waals surface area contributed by atoms with Crippen molar-refractivity contribution in [2.45, 2.75) is 38.9 Å². The maximum atomic E-state index is 13.4.